The maximum Gasteiger partial charge on any atom is 0.167 e. The monoisotopic (exact) mass is 247 g/mol. The Morgan fingerprint density at radius 2 is 2.06 bits per heavy atom. The molecule has 1 aromatic heterocycles. The van der Waals surface area contributed by atoms with Crippen LogP contribution in [0.15, 0.2) is 41.8 Å². The molecule has 1 heterocycles. The highest BCUT2D eigenvalue weighted by molar-refractivity contribution is 7.98. The molecule has 0 amide bonds. The number of hydrogen-bond acceptors (Lipinski definition) is 3. The fraction of sp³-hybridized carbons (Fsp3) is 0.308. The number of benzene rings is 1. The molecule has 1 aromatic carbocycles. The number of imidazole rings is 1. The van der Waals surface area contributed by atoms with E-state index in [2.05, 4.69) is 48.2 Å². The second-order valence-corrected chi connectivity index (χ2v) is 5.08. The number of aromatic nitrogens is 2. The van der Waals surface area contributed by atoms with Crippen LogP contribution in [0.2, 0.25) is 0 Å². The normalized spacial score (nSPS) is 10.5. The molecule has 0 radical (unpaired) electrons. The van der Waals surface area contributed by atoms with Crippen LogP contribution < -0.4 is 4.90 Å². The highest BCUT2D eigenvalue weighted by Gasteiger charge is 2.06. The van der Waals surface area contributed by atoms with Gasteiger partial charge < -0.3 is 9.47 Å². The molecule has 0 saturated heterocycles. The van der Waals surface area contributed by atoms with E-state index in [-0.39, 0.29) is 0 Å². The molecule has 0 atom stereocenters. The summed E-state index contributed by atoms with van der Waals surface area (Å²) in [5.41, 5.74) is 2.61. The molecule has 0 spiro atoms. The zero-order valence-corrected chi connectivity index (χ0v) is 11.2. The molecule has 90 valence electrons. The Morgan fingerprint density at radius 1 is 1.29 bits per heavy atom. The standard InChI is InChI=1S/C13H17N3S/c1-15(2)12-7-5-4-6-11(12)10-17-13-14-8-9-16(13)3/h4-9H,10H2,1-3H3. The number of rotatable bonds is 4. The van der Waals surface area contributed by atoms with Crippen LogP contribution in [0.3, 0.4) is 0 Å². The van der Waals surface area contributed by atoms with E-state index in [1.54, 1.807) is 11.8 Å². The molecule has 0 aliphatic rings. The minimum absolute atomic E-state index is 0.944. The van der Waals surface area contributed by atoms with Gasteiger partial charge in [-0.05, 0) is 11.6 Å². The summed E-state index contributed by atoms with van der Waals surface area (Å²) in [4.78, 5) is 6.46. The number of aryl methyl sites for hydroxylation is 1. The van der Waals surface area contributed by atoms with Crippen LogP contribution in [-0.4, -0.2) is 23.6 Å². The van der Waals surface area contributed by atoms with Crippen molar-refractivity contribution in [3.63, 3.8) is 0 Å². The third-order valence-electron chi connectivity index (χ3n) is 2.61. The molecule has 0 saturated carbocycles. The summed E-state index contributed by atoms with van der Waals surface area (Å²) in [6.45, 7) is 0. The van der Waals surface area contributed by atoms with E-state index in [0.29, 0.717) is 0 Å². The fourth-order valence-corrected chi connectivity index (χ4v) is 2.63. The summed E-state index contributed by atoms with van der Waals surface area (Å²) in [7, 11) is 6.17. The highest BCUT2D eigenvalue weighted by Crippen LogP contribution is 2.26. The van der Waals surface area contributed by atoms with E-state index in [9.17, 15) is 0 Å². The largest absolute Gasteiger partial charge is 0.377 e. The van der Waals surface area contributed by atoms with E-state index in [0.717, 1.165) is 10.9 Å². The molecular formula is C13H17N3S. The molecule has 2 rings (SSSR count). The van der Waals surface area contributed by atoms with Crippen molar-refractivity contribution < 1.29 is 0 Å². The van der Waals surface area contributed by atoms with Crippen LogP contribution in [0.1, 0.15) is 5.56 Å². The minimum Gasteiger partial charge on any atom is -0.377 e. The first kappa shape index (κ1) is 12.0. The zero-order chi connectivity index (χ0) is 12.3. The third kappa shape index (κ3) is 2.82. The van der Waals surface area contributed by atoms with Crippen LogP contribution in [0, 0.1) is 0 Å². The van der Waals surface area contributed by atoms with Gasteiger partial charge in [0, 0.05) is 45.0 Å². The molecule has 3 nitrogen and oxygen atoms in total. The number of thioether (sulfide) groups is 1. The number of para-hydroxylation sites is 1. The predicted molar refractivity (Wildman–Crippen MR) is 73.5 cm³/mol. The number of hydrogen-bond donors (Lipinski definition) is 0. The van der Waals surface area contributed by atoms with Gasteiger partial charge in [-0.2, -0.15) is 0 Å². The molecular weight excluding hydrogens is 230 g/mol. The van der Waals surface area contributed by atoms with Gasteiger partial charge in [0.15, 0.2) is 5.16 Å². The lowest BCUT2D eigenvalue weighted by Crippen LogP contribution is -2.10. The van der Waals surface area contributed by atoms with E-state index >= 15 is 0 Å². The van der Waals surface area contributed by atoms with Gasteiger partial charge in [-0.15, -0.1) is 0 Å². The average Bonchev–Trinajstić information content (AvgIpc) is 2.72. The Kier molecular flexibility index (Phi) is 3.74. The maximum absolute atomic E-state index is 4.32. The van der Waals surface area contributed by atoms with Gasteiger partial charge >= 0.3 is 0 Å². The summed E-state index contributed by atoms with van der Waals surface area (Å²) in [6, 6.07) is 8.48. The Labute approximate surface area is 106 Å². The van der Waals surface area contributed by atoms with E-state index in [4.69, 9.17) is 0 Å². The summed E-state index contributed by atoms with van der Waals surface area (Å²) < 4.78 is 2.04. The van der Waals surface area contributed by atoms with Crippen molar-refractivity contribution in [1.82, 2.24) is 9.55 Å². The van der Waals surface area contributed by atoms with Gasteiger partial charge in [0.05, 0.1) is 0 Å². The van der Waals surface area contributed by atoms with Gasteiger partial charge in [-0.1, -0.05) is 30.0 Å². The van der Waals surface area contributed by atoms with Gasteiger partial charge in [-0.25, -0.2) is 4.98 Å². The first-order valence-electron chi connectivity index (χ1n) is 5.54. The summed E-state index contributed by atoms with van der Waals surface area (Å²) >= 11 is 1.76. The van der Waals surface area contributed by atoms with Crippen LogP contribution >= 0.6 is 11.8 Å². The van der Waals surface area contributed by atoms with E-state index in [1.807, 2.05) is 24.0 Å². The Balaban J connectivity index is 2.11. The minimum atomic E-state index is 0.944. The van der Waals surface area contributed by atoms with E-state index in [1.165, 1.54) is 11.3 Å². The quantitative estimate of drug-likeness (QED) is 0.775. The van der Waals surface area contributed by atoms with Crippen LogP contribution in [0.25, 0.3) is 0 Å². The van der Waals surface area contributed by atoms with Gasteiger partial charge in [0.2, 0.25) is 0 Å². The molecule has 0 fully saturated rings. The molecule has 2 aromatic rings. The first-order chi connectivity index (χ1) is 8.18. The van der Waals surface area contributed by atoms with Crippen molar-refractivity contribution >= 4 is 17.4 Å². The summed E-state index contributed by atoms with van der Waals surface area (Å²) in [5.74, 6) is 0.944. The summed E-state index contributed by atoms with van der Waals surface area (Å²) in [5, 5.41) is 1.05. The third-order valence-corrected chi connectivity index (χ3v) is 3.71. The predicted octanol–water partition coefficient (Wildman–Crippen LogP) is 2.78. The van der Waals surface area contributed by atoms with Crippen molar-refractivity contribution in [1.29, 1.82) is 0 Å². The number of anilines is 1. The van der Waals surface area contributed by atoms with Crippen molar-refractivity contribution in [2.75, 3.05) is 19.0 Å². The second kappa shape index (κ2) is 5.27. The SMILES string of the molecule is CN(C)c1ccccc1CSc1nccn1C. The molecule has 0 bridgehead atoms. The van der Waals surface area contributed by atoms with Crippen LogP contribution in [-0.2, 0) is 12.8 Å². The first-order valence-corrected chi connectivity index (χ1v) is 6.52. The molecule has 4 heteroatoms. The summed E-state index contributed by atoms with van der Waals surface area (Å²) in [6.07, 6.45) is 3.81. The lowest BCUT2D eigenvalue weighted by molar-refractivity contribution is 0.790. The molecule has 17 heavy (non-hydrogen) atoms. The molecule has 0 aliphatic carbocycles. The Hall–Kier alpha value is -1.42. The van der Waals surface area contributed by atoms with Gasteiger partial charge in [-0.3, -0.25) is 0 Å². The van der Waals surface area contributed by atoms with Gasteiger partial charge in [0.25, 0.3) is 0 Å². The lowest BCUT2D eigenvalue weighted by Gasteiger charge is -2.16. The van der Waals surface area contributed by atoms with E-state index < -0.39 is 0 Å². The Morgan fingerprint density at radius 3 is 2.71 bits per heavy atom. The highest BCUT2D eigenvalue weighted by atomic mass is 32.2. The fourth-order valence-electron chi connectivity index (χ4n) is 1.70. The lowest BCUT2D eigenvalue weighted by atomic mass is 10.2. The molecule has 0 unspecified atom stereocenters. The average molecular weight is 247 g/mol. The second-order valence-electron chi connectivity index (χ2n) is 4.13. The smallest absolute Gasteiger partial charge is 0.167 e. The topological polar surface area (TPSA) is 21.1 Å². The van der Waals surface area contributed by atoms with Crippen molar-refractivity contribution in [3.05, 3.63) is 42.2 Å². The van der Waals surface area contributed by atoms with Crippen molar-refractivity contribution in [2.45, 2.75) is 10.9 Å². The van der Waals surface area contributed by atoms with Crippen molar-refractivity contribution in [3.8, 4) is 0 Å². The number of nitrogens with zero attached hydrogens (tertiary/aromatic N) is 3. The van der Waals surface area contributed by atoms with Crippen LogP contribution in [0.5, 0.6) is 0 Å². The Bertz CT molecular complexity index is 491. The van der Waals surface area contributed by atoms with Gasteiger partial charge in [0.1, 0.15) is 0 Å². The molecule has 0 aliphatic heterocycles. The molecule has 0 N–H and O–H groups in total. The maximum atomic E-state index is 4.32. The zero-order valence-electron chi connectivity index (χ0n) is 10.4. The van der Waals surface area contributed by atoms with Crippen molar-refractivity contribution in [2.24, 2.45) is 7.05 Å². The van der Waals surface area contributed by atoms with Crippen LogP contribution in [0.4, 0.5) is 5.69 Å².